The van der Waals surface area contributed by atoms with Crippen LogP contribution >= 0.6 is 11.6 Å². The van der Waals surface area contributed by atoms with E-state index in [9.17, 15) is 9.50 Å². The van der Waals surface area contributed by atoms with Gasteiger partial charge in [0.2, 0.25) is 0 Å². The molecule has 0 aliphatic rings. The van der Waals surface area contributed by atoms with Crippen molar-refractivity contribution in [1.82, 2.24) is 4.98 Å². The van der Waals surface area contributed by atoms with Crippen LogP contribution in [0.5, 0.6) is 5.75 Å². The molecule has 3 nitrogen and oxygen atoms in total. The topological polar surface area (TPSA) is 42.4 Å². The van der Waals surface area contributed by atoms with Gasteiger partial charge in [-0.1, -0.05) is 11.6 Å². The number of benzene rings is 1. The average Bonchev–Trinajstić information content (AvgIpc) is 2.39. The SMILES string of the molecule is COc1ccc(Cl)cc1CC(O)c1ncccc1F. The Bertz CT molecular complexity index is 577. The summed E-state index contributed by atoms with van der Waals surface area (Å²) in [5.74, 6) is 0.0655. The third-order valence-corrected chi connectivity index (χ3v) is 2.99. The van der Waals surface area contributed by atoms with E-state index in [2.05, 4.69) is 4.98 Å². The summed E-state index contributed by atoms with van der Waals surface area (Å²) in [4.78, 5) is 3.85. The summed E-state index contributed by atoms with van der Waals surface area (Å²) >= 11 is 5.91. The Morgan fingerprint density at radius 1 is 1.42 bits per heavy atom. The fourth-order valence-electron chi connectivity index (χ4n) is 1.85. The molecule has 0 aliphatic carbocycles. The number of rotatable bonds is 4. The zero-order valence-electron chi connectivity index (χ0n) is 10.3. The zero-order valence-corrected chi connectivity index (χ0v) is 11.1. The van der Waals surface area contributed by atoms with Gasteiger partial charge in [0.1, 0.15) is 23.4 Å². The minimum Gasteiger partial charge on any atom is -0.496 e. The van der Waals surface area contributed by atoms with Gasteiger partial charge in [0.05, 0.1) is 7.11 Å². The van der Waals surface area contributed by atoms with Gasteiger partial charge in [-0.05, 0) is 35.9 Å². The lowest BCUT2D eigenvalue weighted by molar-refractivity contribution is 0.167. The molecule has 0 spiro atoms. The number of aliphatic hydroxyl groups is 1. The molecular weight excluding hydrogens is 269 g/mol. The molecule has 1 unspecified atom stereocenters. The highest BCUT2D eigenvalue weighted by atomic mass is 35.5. The van der Waals surface area contributed by atoms with E-state index in [0.29, 0.717) is 16.3 Å². The second-order valence-corrected chi connectivity index (χ2v) is 4.48. The van der Waals surface area contributed by atoms with Gasteiger partial charge >= 0.3 is 0 Å². The van der Waals surface area contributed by atoms with E-state index < -0.39 is 11.9 Å². The number of halogens is 2. The number of aliphatic hydroxyl groups excluding tert-OH is 1. The molecule has 2 rings (SSSR count). The van der Waals surface area contributed by atoms with Crippen LogP contribution in [-0.2, 0) is 6.42 Å². The smallest absolute Gasteiger partial charge is 0.147 e. The summed E-state index contributed by atoms with van der Waals surface area (Å²) < 4.78 is 18.7. The molecule has 1 atom stereocenters. The molecule has 0 radical (unpaired) electrons. The summed E-state index contributed by atoms with van der Waals surface area (Å²) in [6, 6.07) is 7.83. The first-order valence-electron chi connectivity index (χ1n) is 5.72. The quantitative estimate of drug-likeness (QED) is 0.936. The fraction of sp³-hybridized carbons (Fsp3) is 0.214. The molecule has 5 heteroatoms. The first-order chi connectivity index (χ1) is 9.11. The molecule has 100 valence electrons. The van der Waals surface area contributed by atoms with Gasteiger partial charge < -0.3 is 9.84 Å². The summed E-state index contributed by atoms with van der Waals surface area (Å²) in [5, 5.41) is 10.6. The Morgan fingerprint density at radius 3 is 2.89 bits per heavy atom. The van der Waals surface area contributed by atoms with Crippen molar-refractivity contribution < 1.29 is 14.2 Å². The molecule has 1 heterocycles. The lowest BCUT2D eigenvalue weighted by Gasteiger charge is -2.13. The lowest BCUT2D eigenvalue weighted by atomic mass is 10.0. The van der Waals surface area contributed by atoms with Crippen molar-refractivity contribution in [2.75, 3.05) is 7.11 Å². The summed E-state index contributed by atoms with van der Waals surface area (Å²) in [7, 11) is 1.53. The lowest BCUT2D eigenvalue weighted by Crippen LogP contribution is -2.07. The van der Waals surface area contributed by atoms with Gasteiger partial charge in [-0.3, -0.25) is 4.98 Å². The van der Waals surface area contributed by atoms with Gasteiger partial charge in [-0.2, -0.15) is 0 Å². The molecular formula is C14H13ClFNO2. The third kappa shape index (κ3) is 3.22. The van der Waals surface area contributed by atoms with Crippen molar-refractivity contribution in [1.29, 1.82) is 0 Å². The predicted molar refractivity (Wildman–Crippen MR) is 70.9 cm³/mol. The minimum absolute atomic E-state index is 0.0181. The second-order valence-electron chi connectivity index (χ2n) is 4.05. The highest BCUT2D eigenvalue weighted by molar-refractivity contribution is 6.30. The number of hydrogen-bond acceptors (Lipinski definition) is 3. The maximum absolute atomic E-state index is 13.5. The van der Waals surface area contributed by atoms with Crippen LogP contribution in [-0.4, -0.2) is 17.2 Å². The van der Waals surface area contributed by atoms with Crippen molar-refractivity contribution in [2.24, 2.45) is 0 Å². The predicted octanol–water partition coefficient (Wildman–Crippen LogP) is 3.16. The number of nitrogens with zero attached hydrogens (tertiary/aromatic N) is 1. The van der Waals surface area contributed by atoms with Crippen molar-refractivity contribution >= 4 is 11.6 Å². The Hall–Kier alpha value is -1.65. The first kappa shape index (κ1) is 13.8. The third-order valence-electron chi connectivity index (χ3n) is 2.76. The molecule has 0 saturated heterocycles. The molecule has 1 aromatic heterocycles. The maximum Gasteiger partial charge on any atom is 0.147 e. The molecule has 1 aromatic carbocycles. The highest BCUT2D eigenvalue weighted by Gasteiger charge is 2.17. The van der Waals surface area contributed by atoms with Crippen LogP contribution in [0.25, 0.3) is 0 Å². The largest absolute Gasteiger partial charge is 0.496 e. The summed E-state index contributed by atoms with van der Waals surface area (Å²) in [6.45, 7) is 0. The maximum atomic E-state index is 13.5. The molecule has 0 amide bonds. The normalized spacial score (nSPS) is 12.2. The highest BCUT2D eigenvalue weighted by Crippen LogP contribution is 2.27. The van der Waals surface area contributed by atoms with Gasteiger partial charge in [-0.15, -0.1) is 0 Å². The summed E-state index contributed by atoms with van der Waals surface area (Å²) in [5.41, 5.74) is 0.720. The van der Waals surface area contributed by atoms with Crippen molar-refractivity contribution in [2.45, 2.75) is 12.5 Å². The number of aromatic nitrogens is 1. The van der Waals surface area contributed by atoms with Gasteiger partial charge in [0.25, 0.3) is 0 Å². The Kier molecular flexibility index (Phi) is 4.35. The Morgan fingerprint density at radius 2 is 2.21 bits per heavy atom. The monoisotopic (exact) mass is 281 g/mol. The van der Waals surface area contributed by atoms with Crippen LogP contribution < -0.4 is 4.74 Å². The number of hydrogen-bond donors (Lipinski definition) is 1. The molecule has 19 heavy (non-hydrogen) atoms. The van der Waals surface area contributed by atoms with E-state index in [0.717, 1.165) is 0 Å². The van der Waals surface area contributed by atoms with E-state index in [4.69, 9.17) is 16.3 Å². The summed E-state index contributed by atoms with van der Waals surface area (Å²) in [6.07, 6.45) is 0.572. The van der Waals surface area contributed by atoms with E-state index >= 15 is 0 Å². The van der Waals surface area contributed by atoms with E-state index in [1.165, 1.54) is 25.4 Å². The second kappa shape index (κ2) is 5.99. The molecule has 0 saturated carbocycles. The number of ether oxygens (including phenoxy) is 1. The molecule has 1 N–H and O–H groups in total. The van der Waals surface area contributed by atoms with E-state index in [-0.39, 0.29) is 12.1 Å². The van der Waals surface area contributed by atoms with E-state index in [1.54, 1.807) is 18.2 Å². The molecule has 2 aromatic rings. The average molecular weight is 282 g/mol. The minimum atomic E-state index is -1.05. The molecule has 0 bridgehead atoms. The van der Waals surface area contributed by atoms with Crippen LogP contribution in [0.4, 0.5) is 4.39 Å². The van der Waals surface area contributed by atoms with Crippen LogP contribution in [0.3, 0.4) is 0 Å². The van der Waals surface area contributed by atoms with Crippen LogP contribution in [0.15, 0.2) is 36.5 Å². The Balaban J connectivity index is 2.26. The zero-order chi connectivity index (χ0) is 13.8. The Labute approximate surface area is 115 Å². The molecule has 0 aliphatic heterocycles. The number of pyridine rings is 1. The van der Waals surface area contributed by atoms with Crippen molar-refractivity contribution in [3.8, 4) is 5.75 Å². The standard InChI is InChI=1S/C14H13ClFNO2/c1-19-13-5-4-10(15)7-9(13)8-12(18)14-11(16)3-2-6-17-14/h2-7,12,18H,8H2,1H3. The van der Waals surface area contributed by atoms with Crippen LogP contribution in [0.1, 0.15) is 17.4 Å². The van der Waals surface area contributed by atoms with Crippen LogP contribution in [0.2, 0.25) is 5.02 Å². The molecule has 0 fully saturated rings. The first-order valence-corrected chi connectivity index (χ1v) is 6.10. The number of methoxy groups -OCH3 is 1. The van der Waals surface area contributed by atoms with Crippen molar-refractivity contribution in [3.05, 3.63) is 58.6 Å². The van der Waals surface area contributed by atoms with Gasteiger partial charge in [0.15, 0.2) is 0 Å². The van der Waals surface area contributed by atoms with Crippen LogP contribution in [0, 0.1) is 5.82 Å². The van der Waals surface area contributed by atoms with Gasteiger partial charge in [0, 0.05) is 17.6 Å². The fourth-order valence-corrected chi connectivity index (χ4v) is 2.05. The van der Waals surface area contributed by atoms with E-state index in [1.807, 2.05) is 0 Å². The van der Waals surface area contributed by atoms with Gasteiger partial charge in [-0.25, -0.2) is 4.39 Å². The van der Waals surface area contributed by atoms with Crippen molar-refractivity contribution in [3.63, 3.8) is 0 Å².